The Balaban J connectivity index is 0.00000529. The van der Waals surface area contributed by atoms with E-state index in [1.807, 2.05) is 7.05 Å². The van der Waals surface area contributed by atoms with Gasteiger partial charge in [-0.3, -0.25) is 9.89 Å². The predicted octanol–water partition coefficient (Wildman–Crippen LogP) is 1.61. The summed E-state index contributed by atoms with van der Waals surface area (Å²) in [5.41, 5.74) is 0. The molecule has 0 saturated carbocycles. The monoisotopic (exact) mass is 455 g/mol. The van der Waals surface area contributed by atoms with Crippen LogP contribution in [0.3, 0.4) is 0 Å². The molecule has 0 bridgehead atoms. The fraction of sp³-hybridized carbons (Fsp3) is 0.941. The molecule has 24 heavy (non-hydrogen) atoms. The molecule has 2 N–H and O–H groups in total. The summed E-state index contributed by atoms with van der Waals surface area (Å²) in [5.74, 6) is 0.888. The van der Waals surface area contributed by atoms with Crippen molar-refractivity contribution in [3.63, 3.8) is 0 Å². The van der Waals surface area contributed by atoms with E-state index in [2.05, 4.69) is 46.3 Å². The predicted molar refractivity (Wildman–Crippen MR) is 114 cm³/mol. The van der Waals surface area contributed by atoms with Gasteiger partial charge in [-0.2, -0.15) is 0 Å². The second-order valence-corrected chi connectivity index (χ2v) is 6.39. The molecule has 144 valence electrons. The van der Waals surface area contributed by atoms with E-state index < -0.39 is 0 Å². The van der Waals surface area contributed by atoms with Gasteiger partial charge in [-0.1, -0.05) is 13.3 Å². The van der Waals surface area contributed by atoms with Crippen LogP contribution < -0.4 is 10.6 Å². The Labute approximate surface area is 165 Å². The topological polar surface area (TPSA) is 52.1 Å². The van der Waals surface area contributed by atoms with Crippen molar-refractivity contribution in [2.24, 2.45) is 4.99 Å². The van der Waals surface area contributed by atoms with Gasteiger partial charge in [0, 0.05) is 65.6 Å². The van der Waals surface area contributed by atoms with Gasteiger partial charge in [-0.15, -0.1) is 24.0 Å². The molecule has 6 nitrogen and oxygen atoms in total. The molecule has 7 heteroatoms. The first-order chi connectivity index (χ1) is 11.2. The van der Waals surface area contributed by atoms with Gasteiger partial charge in [0.1, 0.15) is 0 Å². The van der Waals surface area contributed by atoms with Crippen LogP contribution in [0.15, 0.2) is 4.99 Å². The zero-order valence-corrected chi connectivity index (χ0v) is 18.3. The molecular formula is C17H38IN5O. The quantitative estimate of drug-likeness (QED) is 0.227. The maximum absolute atomic E-state index is 5.56. The molecule has 0 amide bonds. The lowest BCUT2D eigenvalue weighted by Crippen LogP contribution is -2.52. The van der Waals surface area contributed by atoms with Crippen LogP contribution in [0.25, 0.3) is 0 Å². The molecule has 0 spiro atoms. The fourth-order valence-corrected chi connectivity index (χ4v) is 2.59. The minimum Gasteiger partial charge on any atom is -0.381 e. The van der Waals surface area contributed by atoms with Crippen LogP contribution in [0.5, 0.6) is 0 Å². The molecule has 1 rings (SSSR count). The van der Waals surface area contributed by atoms with Gasteiger partial charge in [0.25, 0.3) is 0 Å². The van der Waals surface area contributed by atoms with Crippen LogP contribution in [0.1, 0.15) is 33.1 Å². The third kappa shape index (κ3) is 10.7. The molecule has 1 aliphatic rings. The Bertz CT molecular complexity index is 322. The van der Waals surface area contributed by atoms with Crippen LogP contribution in [0.4, 0.5) is 0 Å². The van der Waals surface area contributed by atoms with E-state index in [9.17, 15) is 0 Å². The van der Waals surface area contributed by atoms with Gasteiger partial charge < -0.3 is 20.3 Å². The Morgan fingerprint density at radius 3 is 2.42 bits per heavy atom. The lowest BCUT2D eigenvalue weighted by Gasteiger charge is -2.36. The number of guanidine groups is 1. The number of nitrogens with zero attached hydrogens (tertiary/aromatic N) is 3. The Morgan fingerprint density at radius 1 is 1.12 bits per heavy atom. The number of hydrogen-bond donors (Lipinski definition) is 2. The SMILES string of the molecule is CCCCOCCCNC(=NC)NCC(C)N1CCN(C)CC1.I. The highest BCUT2D eigenvalue weighted by atomic mass is 127. The van der Waals surface area contributed by atoms with Crippen LogP contribution in [-0.4, -0.2) is 88.4 Å². The third-order valence-corrected chi connectivity index (χ3v) is 4.35. The summed E-state index contributed by atoms with van der Waals surface area (Å²) in [7, 11) is 4.02. The first-order valence-corrected chi connectivity index (χ1v) is 9.12. The van der Waals surface area contributed by atoms with Crippen molar-refractivity contribution >= 4 is 29.9 Å². The van der Waals surface area contributed by atoms with Crippen molar-refractivity contribution in [1.82, 2.24) is 20.4 Å². The number of likely N-dealkylation sites (N-methyl/N-ethyl adjacent to an activating group) is 1. The standard InChI is InChI=1S/C17H37N5O.HI/c1-5-6-13-23-14-7-8-19-17(18-3)20-15-16(2)22-11-9-21(4)10-12-22;/h16H,5-15H2,1-4H3,(H2,18,19,20);1H. The van der Waals surface area contributed by atoms with Gasteiger partial charge in [-0.05, 0) is 26.8 Å². The first kappa shape index (κ1) is 23.9. The van der Waals surface area contributed by atoms with Gasteiger partial charge in [-0.25, -0.2) is 0 Å². The zero-order valence-electron chi connectivity index (χ0n) is 16.0. The molecule has 0 aliphatic carbocycles. The summed E-state index contributed by atoms with van der Waals surface area (Å²) in [6, 6.07) is 0.527. The number of unbranched alkanes of at least 4 members (excludes halogenated alkanes) is 1. The summed E-state index contributed by atoms with van der Waals surface area (Å²) >= 11 is 0. The van der Waals surface area contributed by atoms with Crippen molar-refractivity contribution in [3.05, 3.63) is 0 Å². The molecular weight excluding hydrogens is 417 g/mol. The third-order valence-electron chi connectivity index (χ3n) is 4.35. The molecule has 0 aromatic rings. The van der Waals surface area contributed by atoms with Gasteiger partial charge in [0.05, 0.1) is 0 Å². The summed E-state index contributed by atoms with van der Waals surface area (Å²) < 4.78 is 5.56. The average molecular weight is 455 g/mol. The Kier molecular flexibility index (Phi) is 15.1. The molecule has 0 radical (unpaired) electrons. The van der Waals surface area contributed by atoms with E-state index in [4.69, 9.17) is 4.74 Å². The van der Waals surface area contributed by atoms with Crippen LogP contribution >= 0.6 is 24.0 Å². The number of halogens is 1. The molecule has 1 atom stereocenters. The second kappa shape index (κ2) is 15.2. The number of hydrogen-bond acceptors (Lipinski definition) is 4. The summed E-state index contributed by atoms with van der Waals surface area (Å²) in [4.78, 5) is 9.22. The average Bonchev–Trinajstić information content (AvgIpc) is 2.57. The fourth-order valence-electron chi connectivity index (χ4n) is 2.59. The van der Waals surface area contributed by atoms with E-state index in [-0.39, 0.29) is 24.0 Å². The molecule has 1 aliphatic heterocycles. The lowest BCUT2D eigenvalue weighted by atomic mass is 10.2. The normalized spacial score (nSPS) is 18.1. The number of nitrogens with one attached hydrogen (secondary N) is 2. The van der Waals surface area contributed by atoms with E-state index >= 15 is 0 Å². The summed E-state index contributed by atoms with van der Waals surface area (Å²) in [5, 5.41) is 6.79. The molecule has 0 aromatic heterocycles. The van der Waals surface area contributed by atoms with Crippen LogP contribution in [0.2, 0.25) is 0 Å². The second-order valence-electron chi connectivity index (χ2n) is 6.39. The molecule has 1 heterocycles. The number of piperazine rings is 1. The van der Waals surface area contributed by atoms with E-state index in [1.165, 1.54) is 6.42 Å². The Morgan fingerprint density at radius 2 is 1.79 bits per heavy atom. The first-order valence-electron chi connectivity index (χ1n) is 9.12. The molecule has 0 aromatic carbocycles. The maximum atomic E-state index is 5.56. The Hall–Kier alpha value is -0.120. The lowest BCUT2D eigenvalue weighted by molar-refractivity contribution is 0.120. The smallest absolute Gasteiger partial charge is 0.191 e. The molecule has 1 fully saturated rings. The van der Waals surface area contributed by atoms with Crippen molar-refractivity contribution in [2.75, 3.05) is 66.6 Å². The number of aliphatic imine (C=N–C) groups is 1. The van der Waals surface area contributed by atoms with E-state index in [0.29, 0.717) is 6.04 Å². The highest BCUT2D eigenvalue weighted by Gasteiger charge is 2.18. The highest BCUT2D eigenvalue weighted by Crippen LogP contribution is 2.03. The van der Waals surface area contributed by atoms with Crippen LogP contribution in [-0.2, 0) is 4.74 Å². The van der Waals surface area contributed by atoms with Crippen molar-refractivity contribution in [1.29, 1.82) is 0 Å². The highest BCUT2D eigenvalue weighted by molar-refractivity contribution is 14.0. The van der Waals surface area contributed by atoms with Gasteiger partial charge >= 0.3 is 0 Å². The van der Waals surface area contributed by atoms with Crippen molar-refractivity contribution in [2.45, 2.75) is 39.2 Å². The minimum atomic E-state index is 0. The number of ether oxygens (including phenoxy) is 1. The number of rotatable bonds is 10. The molecule has 1 saturated heterocycles. The van der Waals surface area contributed by atoms with Gasteiger partial charge in [0.2, 0.25) is 0 Å². The van der Waals surface area contributed by atoms with E-state index in [0.717, 1.165) is 71.3 Å². The molecule has 1 unspecified atom stereocenters. The summed E-state index contributed by atoms with van der Waals surface area (Å²) in [6.07, 6.45) is 3.36. The minimum absolute atomic E-state index is 0. The van der Waals surface area contributed by atoms with E-state index in [1.54, 1.807) is 0 Å². The van der Waals surface area contributed by atoms with Crippen molar-refractivity contribution in [3.8, 4) is 0 Å². The maximum Gasteiger partial charge on any atom is 0.191 e. The van der Waals surface area contributed by atoms with Crippen molar-refractivity contribution < 1.29 is 4.74 Å². The van der Waals surface area contributed by atoms with Crippen LogP contribution in [0, 0.1) is 0 Å². The zero-order chi connectivity index (χ0) is 16.9. The summed E-state index contributed by atoms with van der Waals surface area (Å²) in [6.45, 7) is 12.6. The largest absolute Gasteiger partial charge is 0.381 e. The van der Waals surface area contributed by atoms with Gasteiger partial charge in [0.15, 0.2) is 5.96 Å².